The van der Waals surface area contributed by atoms with Crippen LogP contribution in [-0.4, -0.2) is 10.5 Å². The average Bonchev–Trinajstić information content (AvgIpc) is 2.95. The van der Waals surface area contributed by atoms with Gasteiger partial charge in [0.1, 0.15) is 5.69 Å². The predicted octanol–water partition coefficient (Wildman–Crippen LogP) is 2.80. The molecule has 0 aliphatic heterocycles. The third-order valence-corrected chi connectivity index (χ3v) is 4.02. The van der Waals surface area contributed by atoms with Gasteiger partial charge >= 0.3 is 0 Å². The molecule has 2 rings (SSSR count). The lowest BCUT2D eigenvalue weighted by Gasteiger charge is -2.21. The van der Waals surface area contributed by atoms with Crippen molar-refractivity contribution in [3.05, 3.63) is 40.3 Å². The third kappa shape index (κ3) is 2.98. The smallest absolute Gasteiger partial charge is 0.268 e. The molecule has 102 valence electrons. The second kappa shape index (κ2) is 5.48. The van der Waals surface area contributed by atoms with E-state index >= 15 is 0 Å². The van der Waals surface area contributed by atoms with Crippen LogP contribution >= 0.6 is 11.3 Å². The van der Waals surface area contributed by atoms with Crippen molar-refractivity contribution in [2.24, 2.45) is 13.0 Å². The Kier molecular flexibility index (Phi) is 3.95. The molecular weight excluding hydrogens is 258 g/mol. The summed E-state index contributed by atoms with van der Waals surface area (Å²) in [5, 5.41) is 5.11. The van der Waals surface area contributed by atoms with Crippen LogP contribution in [0.2, 0.25) is 0 Å². The molecule has 0 bridgehead atoms. The van der Waals surface area contributed by atoms with Gasteiger partial charge in [-0.3, -0.25) is 4.79 Å². The summed E-state index contributed by atoms with van der Waals surface area (Å²) in [6.07, 6.45) is 1.74. The second-order valence-electron chi connectivity index (χ2n) is 4.98. The lowest BCUT2D eigenvalue weighted by atomic mass is 10.0. The van der Waals surface area contributed by atoms with Gasteiger partial charge in [-0.15, -0.1) is 11.3 Å². The first-order valence-corrected chi connectivity index (χ1v) is 7.13. The van der Waals surface area contributed by atoms with Crippen molar-refractivity contribution >= 4 is 22.9 Å². The summed E-state index contributed by atoms with van der Waals surface area (Å²) in [5.41, 5.74) is 6.89. The van der Waals surface area contributed by atoms with Crippen LogP contribution in [0.3, 0.4) is 0 Å². The van der Waals surface area contributed by atoms with E-state index in [0.29, 0.717) is 17.3 Å². The van der Waals surface area contributed by atoms with Gasteiger partial charge in [-0.2, -0.15) is 0 Å². The Morgan fingerprint density at radius 2 is 2.21 bits per heavy atom. The molecule has 5 heteroatoms. The largest absolute Gasteiger partial charge is 0.397 e. The Bertz CT molecular complexity index is 557. The van der Waals surface area contributed by atoms with Gasteiger partial charge in [0.2, 0.25) is 0 Å². The number of nitrogens with one attached hydrogen (secondary N) is 1. The lowest BCUT2D eigenvalue weighted by molar-refractivity contribution is 0.0918. The number of nitrogens with zero attached hydrogens (tertiary/aromatic N) is 1. The molecule has 2 heterocycles. The van der Waals surface area contributed by atoms with E-state index in [0.717, 1.165) is 0 Å². The Hall–Kier alpha value is -1.75. The molecule has 1 amide bonds. The number of hydrogen-bond acceptors (Lipinski definition) is 3. The molecule has 0 aromatic carbocycles. The highest BCUT2D eigenvalue weighted by Gasteiger charge is 2.21. The molecule has 0 saturated heterocycles. The molecular formula is C14H19N3OS. The summed E-state index contributed by atoms with van der Waals surface area (Å²) in [6, 6.07) is 5.78. The molecule has 1 unspecified atom stereocenters. The normalized spacial score (nSPS) is 12.6. The molecule has 0 aliphatic carbocycles. The maximum absolute atomic E-state index is 12.3. The zero-order valence-electron chi connectivity index (χ0n) is 11.4. The van der Waals surface area contributed by atoms with Crippen LogP contribution in [0, 0.1) is 5.92 Å². The molecule has 0 spiro atoms. The van der Waals surface area contributed by atoms with Crippen molar-refractivity contribution < 1.29 is 4.79 Å². The molecule has 19 heavy (non-hydrogen) atoms. The number of hydrogen-bond donors (Lipinski definition) is 2. The quantitative estimate of drug-likeness (QED) is 0.902. The maximum atomic E-state index is 12.3. The highest BCUT2D eigenvalue weighted by Crippen LogP contribution is 2.26. The molecule has 2 aromatic rings. The molecule has 0 aliphatic rings. The number of nitrogens with two attached hydrogens (primary N) is 1. The van der Waals surface area contributed by atoms with Gasteiger partial charge in [0.25, 0.3) is 5.91 Å². The van der Waals surface area contributed by atoms with Crippen LogP contribution in [0.4, 0.5) is 5.69 Å². The molecule has 3 N–H and O–H groups in total. The minimum Gasteiger partial charge on any atom is -0.397 e. The monoisotopic (exact) mass is 277 g/mol. The van der Waals surface area contributed by atoms with E-state index in [1.54, 1.807) is 28.2 Å². The average molecular weight is 277 g/mol. The summed E-state index contributed by atoms with van der Waals surface area (Å²) < 4.78 is 1.75. The molecule has 0 saturated carbocycles. The van der Waals surface area contributed by atoms with Crippen LogP contribution in [0.5, 0.6) is 0 Å². The van der Waals surface area contributed by atoms with Crippen molar-refractivity contribution in [2.45, 2.75) is 19.9 Å². The summed E-state index contributed by atoms with van der Waals surface area (Å²) in [5.74, 6) is 0.242. The summed E-state index contributed by atoms with van der Waals surface area (Å²) in [7, 11) is 1.82. The minimum absolute atomic E-state index is 0.0311. The first-order valence-electron chi connectivity index (χ1n) is 6.25. The lowest BCUT2D eigenvalue weighted by Crippen LogP contribution is -2.32. The van der Waals surface area contributed by atoms with Gasteiger partial charge in [-0.1, -0.05) is 19.9 Å². The highest BCUT2D eigenvalue weighted by molar-refractivity contribution is 7.10. The van der Waals surface area contributed by atoms with Gasteiger partial charge < -0.3 is 15.6 Å². The topological polar surface area (TPSA) is 60.1 Å². The van der Waals surface area contributed by atoms with Crippen LogP contribution < -0.4 is 11.1 Å². The van der Waals surface area contributed by atoms with E-state index in [4.69, 9.17) is 5.73 Å². The fraction of sp³-hybridized carbons (Fsp3) is 0.357. The second-order valence-corrected chi connectivity index (χ2v) is 5.96. The first kappa shape index (κ1) is 13.7. The molecule has 0 fully saturated rings. The van der Waals surface area contributed by atoms with E-state index < -0.39 is 0 Å². The van der Waals surface area contributed by atoms with Gasteiger partial charge in [-0.05, 0) is 23.4 Å². The summed E-state index contributed by atoms with van der Waals surface area (Å²) in [6.45, 7) is 4.20. The molecule has 1 atom stereocenters. The van der Waals surface area contributed by atoms with Gasteiger partial charge in [0, 0.05) is 18.1 Å². The number of anilines is 1. The summed E-state index contributed by atoms with van der Waals surface area (Å²) in [4.78, 5) is 13.5. The first-order chi connectivity index (χ1) is 8.99. The fourth-order valence-corrected chi connectivity index (χ4v) is 3.01. The number of nitrogen functional groups attached to an aromatic ring is 1. The maximum Gasteiger partial charge on any atom is 0.268 e. The van der Waals surface area contributed by atoms with E-state index in [1.165, 1.54) is 4.88 Å². The van der Waals surface area contributed by atoms with Crippen molar-refractivity contribution in [3.8, 4) is 0 Å². The Labute approximate surface area is 117 Å². The van der Waals surface area contributed by atoms with Gasteiger partial charge in [0.05, 0.1) is 11.7 Å². The zero-order valence-corrected chi connectivity index (χ0v) is 12.2. The number of rotatable bonds is 4. The number of aromatic nitrogens is 1. The number of carbonyl (C=O) groups is 1. The van der Waals surface area contributed by atoms with Crippen molar-refractivity contribution in [2.75, 3.05) is 5.73 Å². The van der Waals surface area contributed by atoms with Crippen LogP contribution in [0.25, 0.3) is 0 Å². The van der Waals surface area contributed by atoms with Crippen LogP contribution in [0.15, 0.2) is 29.8 Å². The van der Waals surface area contributed by atoms with Crippen LogP contribution in [0.1, 0.15) is 35.3 Å². The zero-order chi connectivity index (χ0) is 14.0. The van der Waals surface area contributed by atoms with E-state index in [-0.39, 0.29) is 11.9 Å². The molecule has 0 radical (unpaired) electrons. The highest BCUT2D eigenvalue weighted by atomic mass is 32.1. The number of amides is 1. The van der Waals surface area contributed by atoms with Crippen molar-refractivity contribution in [1.82, 2.24) is 9.88 Å². The van der Waals surface area contributed by atoms with Gasteiger partial charge in [0.15, 0.2) is 0 Å². The number of aryl methyl sites for hydroxylation is 1. The SMILES string of the molecule is CC(C)C(NC(=O)c1cc(N)cn1C)c1cccs1. The van der Waals surface area contributed by atoms with Crippen molar-refractivity contribution in [3.63, 3.8) is 0 Å². The fourth-order valence-electron chi connectivity index (χ4n) is 2.07. The van der Waals surface area contributed by atoms with Gasteiger partial charge in [-0.25, -0.2) is 0 Å². The Balaban J connectivity index is 2.18. The Morgan fingerprint density at radius 3 is 2.68 bits per heavy atom. The van der Waals surface area contributed by atoms with E-state index in [2.05, 4.69) is 25.2 Å². The number of carbonyl (C=O) groups excluding carboxylic acids is 1. The standard InChI is InChI=1S/C14H19N3OS/c1-9(2)13(12-5-4-6-19-12)16-14(18)11-7-10(15)8-17(11)3/h4-9,13H,15H2,1-3H3,(H,16,18). The Morgan fingerprint density at radius 1 is 1.47 bits per heavy atom. The van der Waals surface area contributed by atoms with E-state index in [1.807, 2.05) is 18.5 Å². The molecule has 2 aromatic heterocycles. The summed E-state index contributed by atoms with van der Waals surface area (Å²) >= 11 is 1.66. The number of thiophene rings is 1. The predicted molar refractivity (Wildman–Crippen MR) is 79.2 cm³/mol. The van der Waals surface area contributed by atoms with Crippen molar-refractivity contribution in [1.29, 1.82) is 0 Å². The van der Waals surface area contributed by atoms with Crippen LogP contribution in [-0.2, 0) is 7.05 Å². The third-order valence-electron chi connectivity index (χ3n) is 3.06. The molecule has 4 nitrogen and oxygen atoms in total. The minimum atomic E-state index is -0.0914. The van der Waals surface area contributed by atoms with E-state index in [9.17, 15) is 4.79 Å².